The standard InChI is InChI=1S/C9H18N2O2S/c1-9(8-10-2)14(12,13)11-6-4-3-5-7-11/h3-4,9-10H,5-8H2,1-2H3. The third-order valence-corrected chi connectivity index (χ3v) is 4.62. The van der Waals surface area contributed by atoms with Crippen molar-refractivity contribution in [3.8, 4) is 0 Å². The van der Waals surface area contributed by atoms with Crippen LogP contribution in [0.5, 0.6) is 0 Å². The third kappa shape index (κ3) is 2.56. The highest BCUT2D eigenvalue weighted by Gasteiger charge is 2.27. The lowest BCUT2D eigenvalue weighted by molar-refractivity contribution is 0.428. The van der Waals surface area contributed by atoms with Gasteiger partial charge in [0.05, 0.1) is 5.25 Å². The van der Waals surface area contributed by atoms with E-state index in [1.807, 2.05) is 12.2 Å². The van der Waals surface area contributed by atoms with E-state index in [4.69, 9.17) is 0 Å². The molecule has 0 spiro atoms. The predicted molar refractivity (Wildman–Crippen MR) is 57.6 cm³/mol. The van der Waals surface area contributed by atoms with Gasteiger partial charge in [-0.2, -0.15) is 4.31 Å². The van der Waals surface area contributed by atoms with E-state index in [0.29, 0.717) is 19.6 Å². The average molecular weight is 218 g/mol. The van der Waals surface area contributed by atoms with Gasteiger partial charge in [0.25, 0.3) is 0 Å². The molecule has 1 rings (SSSR count). The van der Waals surface area contributed by atoms with Gasteiger partial charge in [-0.3, -0.25) is 0 Å². The van der Waals surface area contributed by atoms with E-state index in [1.54, 1.807) is 18.3 Å². The van der Waals surface area contributed by atoms with Gasteiger partial charge in [0.1, 0.15) is 0 Å². The fraction of sp³-hybridized carbons (Fsp3) is 0.778. The van der Waals surface area contributed by atoms with E-state index in [0.717, 1.165) is 6.42 Å². The molecule has 0 saturated carbocycles. The lowest BCUT2D eigenvalue weighted by Crippen LogP contribution is -2.42. The van der Waals surface area contributed by atoms with Crippen molar-refractivity contribution in [3.05, 3.63) is 12.2 Å². The van der Waals surface area contributed by atoms with Crippen molar-refractivity contribution in [1.29, 1.82) is 0 Å². The summed E-state index contributed by atoms with van der Waals surface area (Å²) in [4.78, 5) is 0. The van der Waals surface area contributed by atoms with E-state index < -0.39 is 10.0 Å². The monoisotopic (exact) mass is 218 g/mol. The number of nitrogens with one attached hydrogen (secondary N) is 1. The zero-order valence-electron chi connectivity index (χ0n) is 8.73. The van der Waals surface area contributed by atoms with Crippen LogP contribution in [0.2, 0.25) is 0 Å². The van der Waals surface area contributed by atoms with Gasteiger partial charge >= 0.3 is 0 Å². The number of hydrogen-bond acceptors (Lipinski definition) is 3. The van der Waals surface area contributed by atoms with Gasteiger partial charge in [0.2, 0.25) is 10.0 Å². The molecule has 1 unspecified atom stereocenters. The van der Waals surface area contributed by atoms with Gasteiger partial charge in [-0.05, 0) is 20.4 Å². The molecule has 4 nitrogen and oxygen atoms in total. The molecule has 5 heteroatoms. The Balaban J connectivity index is 2.68. The van der Waals surface area contributed by atoms with Crippen LogP contribution in [0, 0.1) is 0 Å². The van der Waals surface area contributed by atoms with Crippen molar-refractivity contribution in [2.75, 3.05) is 26.7 Å². The molecule has 0 aromatic carbocycles. The molecule has 1 N–H and O–H groups in total. The molecule has 0 radical (unpaired) electrons. The second kappa shape index (κ2) is 4.91. The van der Waals surface area contributed by atoms with Crippen LogP contribution in [0.25, 0.3) is 0 Å². The number of sulfonamides is 1. The van der Waals surface area contributed by atoms with E-state index in [1.165, 1.54) is 0 Å². The summed E-state index contributed by atoms with van der Waals surface area (Å²) in [6.45, 7) is 3.38. The molecule has 14 heavy (non-hydrogen) atoms. The van der Waals surface area contributed by atoms with E-state index in [9.17, 15) is 8.42 Å². The molecule has 0 aromatic heterocycles. The van der Waals surface area contributed by atoms with Crippen molar-refractivity contribution in [3.63, 3.8) is 0 Å². The van der Waals surface area contributed by atoms with E-state index in [2.05, 4.69) is 5.32 Å². The summed E-state index contributed by atoms with van der Waals surface area (Å²) in [5, 5.41) is 2.54. The normalized spacial score (nSPS) is 21.0. The summed E-state index contributed by atoms with van der Waals surface area (Å²) in [5.41, 5.74) is 0. The summed E-state index contributed by atoms with van der Waals surface area (Å²) in [7, 11) is -1.34. The molecule has 0 fully saturated rings. The Bertz CT molecular complexity index is 298. The van der Waals surface area contributed by atoms with Gasteiger partial charge in [-0.1, -0.05) is 12.2 Å². The van der Waals surface area contributed by atoms with Crippen LogP contribution < -0.4 is 5.32 Å². The Hall–Kier alpha value is -0.390. The first kappa shape index (κ1) is 11.7. The zero-order chi connectivity index (χ0) is 10.6. The van der Waals surface area contributed by atoms with Crippen LogP contribution in [0.4, 0.5) is 0 Å². The summed E-state index contributed by atoms with van der Waals surface area (Å²) in [6.07, 6.45) is 4.76. The van der Waals surface area contributed by atoms with Crippen LogP contribution in [0.15, 0.2) is 12.2 Å². The molecule has 0 bridgehead atoms. The van der Waals surface area contributed by atoms with E-state index >= 15 is 0 Å². The Morgan fingerprint density at radius 3 is 2.71 bits per heavy atom. The highest BCUT2D eigenvalue weighted by Crippen LogP contribution is 2.12. The topological polar surface area (TPSA) is 49.4 Å². The molecular formula is C9H18N2O2S. The van der Waals surface area contributed by atoms with Crippen molar-refractivity contribution in [1.82, 2.24) is 9.62 Å². The minimum atomic E-state index is -3.10. The molecule has 0 aliphatic carbocycles. The minimum absolute atomic E-state index is 0.348. The summed E-state index contributed by atoms with van der Waals surface area (Å²) in [6, 6.07) is 0. The lowest BCUT2D eigenvalue weighted by Gasteiger charge is -2.26. The Morgan fingerprint density at radius 2 is 2.21 bits per heavy atom. The SMILES string of the molecule is CNCC(C)S(=O)(=O)N1CC=CCC1. The fourth-order valence-electron chi connectivity index (χ4n) is 1.50. The smallest absolute Gasteiger partial charge is 0.218 e. The summed E-state index contributed by atoms with van der Waals surface area (Å²) < 4.78 is 25.4. The summed E-state index contributed by atoms with van der Waals surface area (Å²) in [5.74, 6) is 0. The largest absolute Gasteiger partial charge is 0.318 e. The molecule has 1 aliphatic rings. The van der Waals surface area contributed by atoms with E-state index in [-0.39, 0.29) is 5.25 Å². The van der Waals surface area contributed by atoms with Crippen molar-refractivity contribution in [2.24, 2.45) is 0 Å². The molecule has 1 aliphatic heterocycles. The van der Waals surface area contributed by atoms with Gasteiger partial charge in [0.15, 0.2) is 0 Å². The van der Waals surface area contributed by atoms with Crippen LogP contribution in [-0.4, -0.2) is 44.7 Å². The fourth-order valence-corrected chi connectivity index (χ4v) is 3.04. The highest BCUT2D eigenvalue weighted by molar-refractivity contribution is 7.89. The summed E-state index contributed by atoms with van der Waals surface area (Å²) >= 11 is 0. The quantitative estimate of drug-likeness (QED) is 0.685. The van der Waals surface area contributed by atoms with Crippen molar-refractivity contribution in [2.45, 2.75) is 18.6 Å². The molecular weight excluding hydrogens is 200 g/mol. The third-order valence-electron chi connectivity index (χ3n) is 2.38. The van der Waals surface area contributed by atoms with Gasteiger partial charge in [0, 0.05) is 19.6 Å². The second-order valence-corrected chi connectivity index (χ2v) is 5.88. The lowest BCUT2D eigenvalue weighted by atomic mass is 10.3. The predicted octanol–water partition coefficient (Wildman–Crippen LogP) is 0.186. The van der Waals surface area contributed by atoms with Crippen LogP contribution in [-0.2, 0) is 10.0 Å². The number of hydrogen-bond donors (Lipinski definition) is 1. The maximum Gasteiger partial charge on any atom is 0.218 e. The number of rotatable bonds is 4. The van der Waals surface area contributed by atoms with Crippen LogP contribution in [0.1, 0.15) is 13.3 Å². The first-order valence-electron chi connectivity index (χ1n) is 4.87. The Labute approximate surface area is 86.0 Å². The molecule has 0 aromatic rings. The molecule has 0 amide bonds. The average Bonchev–Trinajstić information content (AvgIpc) is 2.19. The Morgan fingerprint density at radius 1 is 1.50 bits per heavy atom. The zero-order valence-corrected chi connectivity index (χ0v) is 9.55. The van der Waals surface area contributed by atoms with Crippen molar-refractivity contribution < 1.29 is 8.42 Å². The minimum Gasteiger partial charge on any atom is -0.318 e. The Kier molecular flexibility index (Phi) is 4.10. The van der Waals surface area contributed by atoms with Gasteiger partial charge in [-0.15, -0.1) is 0 Å². The number of nitrogens with zero attached hydrogens (tertiary/aromatic N) is 1. The molecule has 1 heterocycles. The van der Waals surface area contributed by atoms with Crippen LogP contribution >= 0.6 is 0 Å². The maximum atomic E-state index is 11.9. The van der Waals surface area contributed by atoms with Gasteiger partial charge in [-0.25, -0.2) is 8.42 Å². The van der Waals surface area contributed by atoms with Gasteiger partial charge < -0.3 is 5.32 Å². The first-order chi connectivity index (χ1) is 6.59. The molecule has 82 valence electrons. The molecule has 1 atom stereocenters. The molecule has 0 saturated heterocycles. The van der Waals surface area contributed by atoms with Crippen LogP contribution in [0.3, 0.4) is 0 Å². The second-order valence-electron chi connectivity index (χ2n) is 3.53. The first-order valence-corrected chi connectivity index (χ1v) is 6.38. The highest BCUT2D eigenvalue weighted by atomic mass is 32.2. The maximum absolute atomic E-state index is 11.9. The van der Waals surface area contributed by atoms with Crippen molar-refractivity contribution >= 4 is 10.0 Å².